The highest BCUT2D eigenvalue weighted by molar-refractivity contribution is 8.00. The first-order chi connectivity index (χ1) is 4.77. The van der Waals surface area contributed by atoms with Crippen molar-refractivity contribution in [2.24, 2.45) is 5.73 Å². The van der Waals surface area contributed by atoms with Crippen LogP contribution < -0.4 is 5.73 Å². The lowest BCUT2D eigenvalue weighted by Gasteiger charge is -2.40. The molecule has 2 aliphatic heterocycles. The van der Waals surface area contributed by atoms with Gasteiger partial charge < -0.3 is 10.6 Å². The quantitative estimate of drug-likeness (QED) is 0.506. The topological polar surface area (TPSA) is 46.3 Å². The van der Waals surface area contributed by atoms with E-state index in [2.05, 4.69) is 0 Å². The Morgan fingerprint density at radius 1 is 1.80 bits per heavy atom. The van der Waals surface area contributed by atoms with E-state index in [-0.39, 0.29) is 5.91 Å². The summed E-state index contributed by atoms with van der Waals surface area (Å²) >= 11 is 1.74. The van der Waals surface area contributed by atoms with Crippen molar-refractivity contribution in [3.8, 4) is 0 Å². The number of hydrogen-bond acceptors (Lipinski definition) is 3. The van der Waals surface area contributed by atoms with Crippen LogP contribution in [-0.4, -0.2) is 21.9 Å². The molecule has 1 fully saturated rings. The van der Waals surface area contributed by atoms with E-state index >= 15 is 0 Å². The molecule has 3 nitrogen and oxygen atoms in total. The van der Waals surface area contributed by atoms with Gasteiger partial charge in [-0.1, -0.05) is 0 Å². The second-order valence-electron chi connectivity index (χ2n) is 2.47. The Morgan fingerprint density at radius 3 is 3.20 bits per heavy atom. The maximum absolute atomic E-state index is 10.8. The lowest BCUT2D eigenvalue weighted by atomic mass is 10.2. The summed E-state index contributed by atoms with van der Waals surface area (Å²) in [5, 5.41) is 0.389. The molecular formula is C6H8N2OS. The molecule has 4 heteroatoms. The lowest BCUT2D eigenvalue weighted by Crippen LogP contribution is -2.49. The number of hydrogen-bond donors (Lipinski definition) is 1. The number of carbonyl (C=O) groups is 1. The summed E-state index contributed by atoms with van der Waals surface area (Å²) in [6.07, 6.45) is 2.45. The average molecular weight is 156 g/mol. The van der Waals surface area contributed by atoms with Crippen molar-refractivity contribution in [3.63, 3.8) is 0 Å². The highest BCUT2D eigenvalue weighted by Crippen LogP contribution is 2.33. The van der Waals surface area contributed by atoms with E-state index in [0.717, 1.165) is 11.4 Å². The predicted octanol–water partition coefficient (Wildman–Crippen LogP) is 0.0917. The van der Waals surface area contributed by atoms with Crippen LogP contribution in [0.15, 0.2) is 11.9 Å². The summed E-state index contributed by atoms with van der Waals surface area (Å²) in [5.74, 6) is 1.06. The minimum atomic E-state index is 0.195. The minimum Gasteiger partial charge on any atom is -0.400 e. The van der Waals surface area contributed by atoms with Gasteiger partial charge in [0.05, 0.1) is 11.8 Å². The zero-order valence-electron chi connectivity index (χ0n) is 5.41. The van der Waals surface area contributed by atoms with Crippen LogP contribution in [0.5, 0.6) is 0 Å². The standard InChI is InChI=1S/C6H8N2OS/c7-4-2-8-5(9)1-6(8)10-3-4/h2,6H,1,3,7H2/t6-/m0/s1. The third-order valence-corrected chi connectivity index (χ3v) is 2.97. The van der Waals surface area contributed by atoms with Crippen molar-refractivity contribution in [2.45, 2.75) is 11.8 Å². The molecule has 0 aliphatic carbocycles. The van der Waals surface area contributed by atoms with Gasteiger partial charge in [-0.15, -0.1) is 11.8 Å². The Bertz CT molecular complexity index is 214. The first kappa shape index (κ1) is 6.09. The van der Waals surface area contributed by atoms with Crippen molar-refractivity contribution in [3.05, 3.63) is 11.9 Å². The molecule has 1 atom stereocenters. The third kappa shape index (κ3) is 0.718. The van der Waals surface area contributed by atoms with Gasteiger partial charge in [-0.2, -0.15) is 0 Å². The monoisotopic (exact) mass is 156 g/mol. The Hall–Kier alpha value is -0.640. The Morgan fingerprint density at radius 2 is 2.60 bits per heavy atom. The highest BCUT2D eigenvalue weighted by atomic mass is 32.2. The normalized spacial score (nSPS) is 30.8. The molecule has 0 aromatic carbocycles. The number of nitrogens with zero attached hydrogens (tertiary/aromatic N) is 1. The number of β-lactam (4-membered cyclic amide) rings is 1. The summed E-state index contributed by atoms with van der Waals surface area (Å²) < 4.78 is 0. The maximum atomic E-state index is 10.8. The number of thioether (sulfide) groups is 1. The molecule has 10 heavy (non-hydrogen) atoms. The van der Waals surface area contributed by atoms with Crippen LogP contribution >= 0.6 is 11.8 Å². The first-order valence-electron chi connectivity index (χ1n) is 3.16. The molecule has 1 saturated heterocycles. The van der Waals surface area contributed by atoms with Gasteiger partial charge in [-0.05, 0) is 0 Å². The number of carbonyl (C=O) groups excluding carboxylic acids is 1. The van der Waals surface area contributed by atoms with Gasteiger partial charge in [0.15, 0.2) is 0 Å². The summed E-state index contributed by atoms with van der Waals surface area (Å²) in [6.45, 7) is 0. The van der Waals surface area contributed by atoms with Crippen LogP contribution in [0, 0.1) is 0 Å². The van der Waals surface area contributed by atoms with Gasteiger partial charge in [0.2, 0.25) is 5.91 Å². The van der Waals surface area contributed by atoms with Gasteiger partial charge in [-0.3, -0.25) is 4.79 Å². The van der Waals surface area contributed by atoms with E-state index in [1.54, 1.807) is 22.9 Å². The van der Waals surface area contributed by atoms with Crippen LogP contribution in [-0.2, 0) is 4.79 Å². The molecular weight excluding hydrogens is 148 g/mol. The zero-order chi connectivity index (χ0) is 7.14. The largest absolute Gasteiger partial charge is 0.400 e. The van der Waals surface area contributed by atoms with Crippen molar-refractivity contribution in [2.75, 3.05) is 5.75 Å². The fourth-order valence-electron chi connectivity index (χ4n) is 1.10. The minimum absolute atomic E-state index is 0.195. The van der Waals surface area contributed by atoms with Crippen LogP contribution in [0.25, 0.3) is 0 Å². The van der Waals surface area contributed by atoms with E-state index in [9.17, 15) is 4.79 Å². The molecule has 0 bridgehead atoms. The molecule has 54 valence electrons. The average Bonchev–Trinajstić information content (AvgIpc) is 1.92. The fraction of sp³-hybridized carbons (Fsp3) is 0.500. The Labute approximate surface area is 63.2 Å². The molecule has 2 heterocycles. The predicted molar refractivity (Wildman–Crippen MR) is 40.0 cm³/mol. The van der Waals surface area contributed by atoms with E-state index in [1.165, 1.54) is 0 Å². The van der Waals surface area contributed by atoms with Crippen LogP contribution in [0.3, 0.4) is 0 Å². The van der Waals surface area contributed by atoms with E-state index < -0.39 is 0 Å². The van der Waals surface area contributed by atoms with Crippen molar-refractivity contribution in [1.29, 1.82) is 0 Å². The van der Waals surface area contributed by atoms with Gasteiger partial charge in [-0.25, -0.2) is 0 Å². The fourth-order valence-corrected chi connectivity index (χ4v) is 2.16. The second kappa shape index (κ2) is 1.92. The SMILES string of the molecule is NC1=CN2C(=O)C[C@@H]2SC1. The summed E-state index contributed by atoms with van der Waals surface area (Å²) in [6, 6.07) is 0. The summed E-state index contributed by atoms with van der Waals surface area (Å²) in [5.41, 5.74) is 6.33. The number of amides is 1. The smallest absolute Gasteiger partial charge is 0.230 e. The third-order valence-electron chi connectivity index (χ3n) is 1.69. The molecule has 2 N–H and O–H groups in total. The molecule has 2 rings (SSSR count). The Kier molecular flexibility index (Phi) is 1.17. The van der Waals surface area contributed by atoms with Crippen molar-refractivity contribution in [1.82, 2.24) is 4.90 Å². The van der Waals surface area contributed by atoms with Gasteiger partial charge >= 0.3 is 0 Å². The van der Waals surface area contributed by atoms with Crippen LogP contribution in [0.4, 0.5) is 0 Å². The maximum Gasteiger partial charge on any atom is 0.230 e. The number of rotatable bonds is 0. The molecule has 0 aromatic heterocycles. The van der Waals surface area contributed by atoms with Crippen LogP contribution in [0.1, 0.15) is 6.42 Å². The van der Waals surface area contributed by atoms with E-state index in [4.69, 9.17) is 5.73 Å². The molecule has 0 saturated carbocycles. The second-order valence-corrected chi connectivity index (χ2v) is 3.64. The van der Waals surface area contributed by atoms with E-state index in [1.807, 2.05) is 0 Å². The molecule has 0 radical (unpaired) electrons. The molecule has 0 aromatic rings. The molecule has 0 unspecified atom stereocenters. The van der Waals surface area contributed by atoms with Crippen molar-refractivity contribution >= 4 is 17.7 Å². The zero-order valence-corrected chi connectivity index (χ0v) is 6.23. The van der Waals surface area contributed by atoms with Gasteiger partial charge in [0.25, 0.3) is 0 Å². The van der Waals surface area contributed by atoms with Gasteiger partial charge in [0, 0.05) is 17.6 Å². The molecule has 2 aliphatic rings. The lowest BCUT2D eigenvalue weighted by molar-refractivity contribution is -0.137. The number of nitrogens with two attached hydrogens (primary N) is 1. The molecule has 1 amide bonds. The van der Waals surface area contributed by atoms with E-state index in [0.29, 0.717) is 11.8 Å². The first-order valence-corrected chi connectivity index (χ1v) is 4.21. The Balaban J connectivity index is 2.18. The van der Waals surface area contributed by atoms with Gasteiger partial charge in [0.1, 0.15) is 0 Å². The molecule has 0 spiro atoms. The highest BCUT2D eigenvalue weighted by Gasteiger charge is 2.37. The summed E-state index contributed by atoms with van der Waals surface area (Å²) in [4.78, 5) is 12.5. The van der Waals surface area contributed by atoms with Crippen LogP contribution in [0.2, 0.25) is 0 Å². The summed E-state index contributed by atoms with van der Waals surface area (Å²) in [7, 11) is 0. The number of fused-ring (bicyclic) bond motifs is 1. The van der Waals surface area contributed by atoms with Crippen molar-refractivity contribution < 1.29 is 4.79 Å².